The van der Waals surface area contributed by atoms with Crippen LogP contribution in [0.3, 0.4) is 0 Å². The van der Waals surface area contributed by atoms with Crippen molar-refractivity contribution in [2.45, 2.75) is 19.5 Å². The Morgan fingerprint density at radius 3 is 2.68 bits per heavy atom. The van der Waals surface area contributed by atoms with Gasteiger partial charge in [0.25, 0.3) is 12.3 Å². The predicted octanol–water partition coefficient (Wildman–Crippen LogP) is 2.88. The average Bonchev–Trinajstić information content (AvgIpc) is 3.04. The standard InChI is InChI=1S/C17H19F2N3O3/c1-4-17(23)22(10-12-8-20-21(9-12)11-16(18)19)13-5-6-14(24-2)15(7-13)25-3/h4-9,16H,1,10-11H2,2-3H3. The van der Waals surface area contributed by atoms with Crippen molar-refractivity contribution >= 4 is 11.6 Å². The summed E-state index contributed by atoms with van der Waals surface area (Å²) in [6.07, 6.45) is 1.62. The molecular weight excluding hydrogens is 332 g/mol. The van der Waals surface area contributed by atoms with Gasteiger partial charge in [0, 0.05) is 23.5 Å². The Morgan fingerprint density at radius 1 is 1.36 bits per heavy atom. The summed E-state index contributed by atoms with van der Waals surface area (Å²) in [5.74, 6) is 0.658. The van der Waals surface area contributed by atoms with E-state index in [0.717, 1.165) is 4.68 Å². The molecule has 6 nitrogen and oxygen atoms in total. The van der Waals surface area contributed by atoms with E-state index in [1.807, 2.05) is 0 Å². The van der Waals surface area contributed by atoms with Gasteiger partial charge in [-0.3, -0.25) is 9.48 Å². The summed E-state index contributed by atoms with van der Waals surface area (Å²) in [5.41, 5.74) is 1.18. The molecule has 0 atom stereocenters. The fourth-order valence-electron chi connectivity index (χ4n) is 2.31. The SMILES string of the molecule is C=CC(=O)N(Cc1cnn(CC(F)F)c1)c1ccc(OC)c(OC)c1. The molecule has 1 aromatic carbocycles. The second kappa shape index (κ2) is 8.27. The van der Waals surface area contributed by atoms with Crippen LogP contribution < -0.4 is 14.4 Å². The molecule has 0 bridgehead atoms. The molecule has 1 aromatic heterocycles. The normalized spacial score (nSPS) is 10.6. The summed E-state index contributed by atoms with van der Waals surface area (Å²) < 4.78 is 36.4. The molecule has 0 saturated heterocycles. The van der Waals surface area contributed by atoms with Gasteiger partial charge in [0.2, 0.25) is 0 Å². The van der Waals surface area contributed by atoms with Gasteiger partial charge < -0.3 is 14.4 Å². The number of anilines is 1. The van der Waals surface area contributed by atoms with Crippen molar-refractivity contribution in [3.8, 4) is 11.5 Å². The number of aromatic nitrogens is 2. The maximum Gasteiger partial charge on any atom is 0.257 e. The van der Waals surface area contributed by atoms with Gasteiger partial charge in [-0.1, -0.05) is 6.58 Å². The maximum atomic E-state index is 12.4. The first kappa shape index (κ1) is 18.4. The van der Waals surface area contributed by atoms with Crippen molar-refractivity contribution in [2.24, 2.45) is 0 Å². The molecule has 0 radical (unpaired) electrons. The lowest BCUT2D eigenvalue weighted by Crippen LogP contribution is -2.28. The summed E-state index contributed by atoms with van der Waals surface area (Å²) in [6, 6.07) is 5.04. The van der Waals surface area contributed by atoms with Gasteiger partial charge in [-0.25, -0.2) is 8.78 Å². The number of amides is 1. The molecule has 0 unspecified atom stereocenters. The number of rotatable bonds is 8. The molecular formula is C17H19F2N3O3. The molecule has 0 aliphatic rings. The molecule has 0 aliphatic carbocycles. The first-order valence-electron chi connectivity index (χ1n) is 7.44. The van der Waals surface area contributed by atoms with Crippen LogP contribution in [-0.4, -0.2) is 36.3 Å². The van der Waals surface area contributed by atoms with E-state index in [0.29, 0.717) is 22.7 Å². The second-order valence-electron chi connectivity index (χ2n) is 5.13. The van der Waals surface area contributed by atoms with E-state index in [-0.39, 0.29) is 12.5 Å². The molecule has 134 valence electrons. The third-order valence-electron chi connectivity index (χ3n) is 3.47. The number of carbonyl (C=O) groups excluding carboxylic acids is 1. The monoisotopic (exact) mass is 351 g/mol. The maximum absolute atomic E-state index is 12.4. The zero-order valence-electron chi connectivity index (χ0n) is 14.0. The molecule has 2 rings (SSSR count). The Balaban J connectivity index is 2.29. The van der Waals surface area contributed by atoms with Gasteiger partial charge in [-0.05, 0) is 18.2 Å². The Bertz CT molecular complexity index is 746. The van der Waals surface area contributed by atoms with Crippen LogP contribution in [0, 0.1) is 0 Å². The van der Waals surface area contributed by atoms with Gasteiger partial charge in [0.1, 0.15) is 6.54 Å². The van der Waals surface area contributed by atoms with Crippen LogP contribution in [-0.2, 0) is 17.9 Å². The van der Waals surface area contributed by atoms with Crippen LogP contribution in [0.4, 0.5) is 14.5 Å². The number of nitrogens with zero attached hydrogens (tertiary/aromatic N) is 3. The highest BCUT2D eigenvalue weighted by atomic mass is 19.3. The molecule has 8 heteroatoms. The van der Waals surface area contributed by atoms with Crippen molar-refractivity contribution in [1.29, 1.82) is 0 Å². The van der Waals surface area contributed by atoms with Gasteiger partial charge in [-0.15, -0.1) is 0 Å². The summed E-state index contributed by atoms with van der Waals surface area (Å²) in [7, 11) is 3.01. The average molecular weight is 351 g/mol. The first-order chi connectivity index (χ1) is 12.0. The molecule has 1 heterocycles. The Morgan fingerprint density at radius 2 is 2.08 bits per heavy atom. The minimum atomic E-state index is -2.50. The van der Waals surface area contributed by atoms with E-state index >= 15 is 0 Å². The van der Waals surface area contributed by atoms with Crippen LogP contribution in [0.1, 0.15) is 5.56 Å². The van der Waals surface area contributed by atoms with Gasteiger partial charge in [0.15, 0.2) is 11.5 Å². The van der Waals surface area contributed by atoms with Gasteiger partial charge in [-0.2, -0.15) is 5.10 Å². The number of benzene rings is 1. The quantitative estimate of drug-likeness (QED) is 0.686. The molecule has 0 saturated carbocycles. The molecule has 0 fully saturated rings. The van der Waals surface area contributed by atoms with Crippen LogP contribution in [0.25, 0.3) is 0 Å². The fraction of sp³-hybridized carbons (Fsp3) is 0.294. The number of methoxy groups -OCH3 is 2. The van der Waals surface area contributed by atoms with E-state index in [1.54, 1.807) is 18.2 Å². The van der Waals surface area contributed by atoms with E-state index in [1.165, 1.54) is 37.6 Å². The number of hydrogen-bond acceptors (Lipinski definition) is 4. The number of ether oxygens (including phenoxy) is 2. The number of alkyl halides is 2. The molecule has 0 N–H and O–H groups in total. The minimum absolute atomic E-state index is 0.156. The highest BCUT2D eigenvalue weighted by Gasteiger charge is 2.17. The fourth-order valence-corrected chi connectivity index (χ4v) is 2.31. The lowest BCUT2D eigenvalue weighted by molar-refractivity contribution is -0.114. The number of carbonyl (C=O) groups is 1. The predicted molar refractivity (Wildman–Crippen MR) is 89.2 cm³/mol. The van der Waals surface area contributed by atoms with Crippen LogP contribution in [0.15, 0.2) is 43.2 Å². The van der Waals surface area contributed by atoms with Crippen LogP contribution in [0.5, 0.6) is 11.5 Å². The van der Waals surface area contributed by atoms with E-state index in [4.69, 9.17) is 9.47 Å². The zero-order chi connectivity index (χ0) is 18.4. The summed E-state index contributed by atoms with van der Waals surface area (Å²) in [6.45, 7) is 3.16. The Kier molecular flexibility index (Phi) is 6.10. The van der Waals surface area contributed by atoms with Crippen LogP contribution in [0.2, 0.25) is 0 Å². The van der Waals surface area contributed by atoms with Crippen molar-refractivity contribution < 1.29 is 23.0 Å². The Hall–Kier alpha value is -2.90. The molecule has 2 aromatic rings. The van der Waals surface area contributed by atoms with Crippen molar-refractivity contribution in [1.82, 2.24) is 9.78 Å². The smallest absolute Gasteiger partial charge is 0.257 e. The lowest BCUT2D eigenvalue weighted by atomic mass is 10.2. The van der Waals surface area contributed by atoms with E-state index < -0.39 is 13.0 Å². The third kappa shape index (κ3) is 4.56. The summed E-state index contributed by atoms with van der Waals surface area (Å²) in [5, 5.41) is 3.88. The molecule has 0 aliphatic heterocycles. The second-order valence-corrected chi connectivity index (χ2v) is 5.13. The highest BCUT2D eigenvalue weighted by molar-refractivity contribution is 6.01. The van der Waals surface area contributed by atoms with Crippen LogP contribution >= 0.6 is 0 Å². The largest absolute Gasteiger partial charge is 0.493 e. The third-order valence-corrected chi connectivity index (χ3v) is 3.47. The minimum Gasteiger partial charge on any atom is -0.493 e. The van der Waals surface area contributed by atoms with Gasteiger partial charge >= 0.3 is 0 Å². The van der Waals surface area contributed by atoms with E-state index in [9.17, 15) is 13.6 Å². The molecule has 25 heavy (non-hydrogen) atoms. The summed E-state index contributed by atoms with van der Waals surface area (Å²) >= 11 is 0. The van der Waals surface area contributed by atoms with Gasteiger partial charge in [0.05, 0.1) is 27.0 Å². The zero-order valence-corrected chi connectivity index (χ0v) is 14.0. The van der Waals surface area contributed by atoms with E-state index in [2.05, 4.69) is 11.7 Å². The Labute approximate surface area is 144 Å². The molecule has 1 amide bonds. The molecule has 0 spiro atoms. The topological polar surface area (TPSA) is 56.6 Å². The first-order valence-corrected chi connectivity index (χ1v) is 7.44. The summed E-state index contributed by atoms with van der Waals surface area (Å²) in [4.78, 5) is 13.7. The van der Waals surface area contributed by atoms with Crippen molar-refractivity contribution in [3.63, 3.8) is 0 Å². The number of hydrogen-bond donors (Lipinski definition) is 0. The van der Waals surface area contributed by atoms with Crippen molar-refractivity contribution in [3.05, 3.63) is 48.8 Å². The van der Waals surface area contributed by atoms with Crippen molar-refractivity contribution in [2.75, 3.05) is 19.1 Å². The highest BCUT2D eigenvalue weighted by Crippen LogP contribution is 2.32. The number of halogens is 2. The lowest BCUT2D eigenvalue weighted by Gasteiger charge is -2.22.